The first-order chi connectivity index (χ1) is 16.5. The van der Waals surface area contributed by atoms with E-state index < -0.39 is 0 Å². The molecule has 3 aromatic heterocycles. The van der Waals surface area contributed by atoms with E-state index in [1.54, 1.807) is 18.6 Å². The van der Waals surface area contributed by atoms with Crippen molar-refractivity contribution in [3.63, 3.8) is 0 Å². The number of ether oxygens (including phenoxy) is 1. The molecule has 8 heteroatoms. The van der Waals surface area contributed by atoms with Crippen LogP contribution >= 0.6 is 11.6 Å². The number of aromatic nitrogens is 4. The highest BCUT2D eigenvalue weighted by Crippen LogP contribution is 2.33. The highest BCUT2D eigenvalue weighted by Gasteiger charge is 2.15. The number of pyridine rings is 2. The van der Waals surface area contributed by atoms with Gasteiger partial charge in [0.1, 0.15) is 17.9 Å². The van der Waals surface area contributed by atoms with E-state index in [0.29, 0.717) is 23.7 Å². The molecule has 3 heterocycles. The third kappa shape index (κ3) is 5.20. The number of para-hydroxylation sites is 1. The summed E-state index contributed by atoms with van der Waals surface area (Å²) in [6.45, 7) is 4.62. The number of halogens is 1. The largest absolute Gasteiger partial charge is 0.487 e. The van der Waals surface area contributed by atoms with Gasteiger partial charge < -0.3 is 10.1 Å². The number of carbonyl (C=O) groups is 1. The quantitative estimate of drug-likeness (QED) is 0.350. The maximum absolute atomic E-state index is 12.1. The summed E-state index contributed by atoms with van der Waals surface area (Å²) < 4.78 is 8.09. The number of benzene rings is 1. The van der Waals surface area contributed by atoms with Gasteiger partial charge in [-0.1, -0.05) is 37.1 Å². The van der Waals surface area contributed by atoms with E-state index in [0.717, 1.165) is 51.8 Å². The fourth-order valence-corrected chi connectivity index (χ4v) is 4.13. The maximum Gasteiger partial charge on any atom is 0.220 e. The number of hydrogen-bond donors (Lipinski definition) is 1. The molecule has 1 aromatic carbocycles. The number of hydrogen-bond acceptors (Lipinski definition) is 5. The summed E-state index contributed by atoms with van der Waals surface area (Å²) in [5.74, 6) is 0.681. The van der Waals surface area contributed by atoms with Crippen LogP contribution in [0.1, 0.15) is 43.0 Å². The van der Waals surface area contributed by atoms with Gasteiger partial charge in [0.05, 0.1) is 10.7 Å². The van der Waals surface area contributed by atoms with E-state index in [9.17, 15) is 4.79 Å². The van der Waals surface area contributed by atoms with Gasteiger partial charge in [0.2, 0.25) is 5.91 Å². The summed E-state index contributed by atoms with van der Waals surface area (Å²) in [5, 5.41) is 8.74. The van der Waals surface area contributed by atoms with E-state index >= 15 is 0 Å². The lowest BCUT2D eigenvalue weighted by molar-refractivity contribution is -0.121. The van der Waals surface area contributed by atoms with Crippen molar-refractivity contribution in [3.05, 3.63) is 70.8 Å². The summed E-state index contributed by atoms with van der Waals surface area (Å²) in [5.41, 5.74) is 5.34. The fourth-order valence-electron chi connectivity index (χ4n) is 3.90. The zero-order valence-corrected chi connectivity index (χ0v) is 20.4. The monoisotopic (exact) mass is 477 g/mol. The molecule has 0 aliphatic carbocycles. The Morgan fingerprint density at radius 1 is 1.24 bits per heavy atom. The molecule has 0 saturated heterocycles. The molecule has 0 aliphatic heterocycles. The van der Waals surface area contributed by atoms with E-state index in [1.807, 2.05) is 42.9 Å². The number of aryl methyl sites for hydroxylation is 2. The molecule has 0 atom stereocenters. The first-order valence-electron chi connectivity index (χ1n) is 11.4. The molecule has 1 amide bonds. The minimum absolute atomic E-state index is 0.0186. The Hall–Kier alpha value is -3.45. The summed E-state index contributed by atoms with van der Waals surface area (Å²) in [4.78, 5) is 21.0. The van der Waals surface area contributed by atoms with Gasteiger partial charge in [0, 0.05) is 60.8 Å². The predicted octanol–water partition coefficient (Wildman–Crippen LogP) is 5.38. The average Bonchev–Trinajstić information content (AvgIpc) is 3.26. The van der Waals surface area contributed by atoms with Gasteiger partial charge in [-0.25, -0.2) is 4.98 Å². The minimum Gasteiger partial charge on any atom is -0.487 e. The third-order valence-electron chi connectivity index (χ3n) is 5.73. The second kappa shape index (κ2) is 10.7. The number of fused-ring (bicyclic) bond motifs is 1. The Morgan fingerprint density at radius 2 is 2.09 bits per heavy atom. The van der Waals surface area contributed by atoms with Gasteiger partial charge in [0.15, 0.2) is 0 Å². The van der Waals surface area contributed by atoms with Crippen LogP contribution in [-0.4, -0.2) is 25.7 Å². The van der Waals surface area contributed by atoms with Gasteiger partial charge in [-0.05, 0) is 37.1 Å². The number of rotatable bonds is 9. The van der Waals surface area contributed by atoms with Crippen molar-refractivity contribution in [1.29, 1.82) is 0 Å². The molecule has 0 aliphatic rings. The Bertz CT molecular complexity index is 1320. The first kappa shape index (κ1) is 23.7. The summed E-state index contributed by atoms with van der Waals surface area (Å²) in [7, 11) is 1.92. The summed E-state index contributed by atoms with van der Waals surface area (Å²) in [6, 6.07) is 9.94. The minimum atomic E-state index is 0.0186. The molecule has 0 bridgehead atoms. The molecular weight excluding hydrogens is 450 g/mol. The standard InChI is InChI=1S/C26H28ClN5O2/c1-4-5-9-25(33)29-14-18-13-28-15-22(27)21(18)16-34-24-8-6-7-19-20(12-17(2)31-26(19)24)23-10-11-30-32(23)3/h6-8,10-13,15H,4-5,9,14,16H2,1-3H3,(H,29,33). The molecule has 0 unspecified atom stereocenters. The number of unbranched alkanes of at least 4 members (excludes halogenated alkanes) is 1. The summed E-state index contributed by atoms with van der Waals surface area (Å²) in [6.07, 6.45) is 7.45. The molecule has 7 nitrogen and oxygen atoms in total. The molecule has 4 aromatic rings. The second-order valence-corrected chi connectivity index (χ2v) is 8.64. The third-order valence-corrected chi connectivity index (χ3v) is 6.05. The molecule has 0 radical (unpaired) electrons. The molecular formula is C26H28ClN5O2. The highest BCUT2D eigenvalue weighted by atomic mass is 35.5. The topological polar surface area (TPSA) is 81.9 Å². The van der Waals surface area contributed by atoms with Crippen LogP contribution in [-0.2, 0) is 25.0 Å². The van der Waals surface area contributed by atoms with Crippen LogP contribution in [0.3, 0.4) is 0 Å². The zero-order valence-electron chi connectivity index (χ0n) is 19.6. The molecule has 4 rings (SSSR count). The van der Waals surface area contributed by atoms with Crippen molar-refractivity contribution in [1.82, 2.24) is 25.1 Å². The van der Waals surface area contributed by atoms with E-state index in [2.05, 4.69) is 28.4 Å². The number of nitrogens with one attached hydrogen (secondary N) is 1. The smallest absolute Gasteiger partial charge is 0.220 e. The van der Waals surface area contributed by atoms with Gasteiger partial charge in [0.25, 0.3) is 0 Å². The average molecular weight is 478 g/mol. The SMILES string of the molecule is CCCCC(=O)NCc1cncc(Cl)c1COc1cccc2c(-c3ccnn3C)cc(C)nc12. The van der Waals surface area contributed by atoms with Crippen molar-refractivity contribution >= 4 is 28.4 Å². The van der Waals surface area contributed by atoms with Gasteiger partial charge in [-0.15, -0.1) is 0 Å². The number of carbonyl (C=O) groups excluding carboxylic acids is 1. The molecule has 0 saturated carbocycles. The van der Waals surface area contributed by atoms with E-state index in [4.69, 9.17) is 21.3 Å². The molecule has 0 fully saturated rings. The van der Waals surface area contributed by atoms with Crippen LogP contribution in [0, 0.1) is 6.92 Å². The lowest BCUT2D eigenvalue weighted by atomic mass is 10.0. The molecule has 176 valence electrons. The van der Waals surface area contributed by atoms with Crippen molar-refractivity contribution in [2.24, 2.45) is 7.05 Å². The van der Waals surface area contributed by atoms with E-state index in [-0.39, 0.29) is 12.5 Å². The Balaban J connectivity index is 1.61. The Kier molecular flexibility index (Phi) is 7.43. The molecule has 1 N–H and O–H groups in total. The molecule has 0 spiro atoms. The number of amides is 1. The predicted molar refractivity (Wildman–Crippen MR) is 134 cm³/mol. The normalized spacial score (nSPS) is 11.1. The lowest BCUT2D eigenvalue weighted by Gasteiger charge is -2.15. The fraction of sp³-hybridized carbons (Fsp3) is 0.308. The Morgan fingerprint density at radius 3 is 2.85 bits per heavy atom. The lowest BCUT2D eigenvalue weighted by Crippen LogP contribution is -2.23. The van der Waals surface area contributed by atoms with Crippen LogP contribution < -0.4 is 10.1 Å². The van der Waals surface area contributed by atoms with Crippen molar-refractivity contribution in [2.45, 2.75) is 46.3 Å². The van der Waals surface area contributed by atoms with Gasteiger partial charge >= 0.3 is 0 Å². The van der Waals surface area contributed by atoms with Crippen LogP contribution in [0.5, 0.6) is 5.75 Å². The Labute approximate surface area is 204 Å². The van der Waals surface area contributed by atoms with Crippen LogP contribution in [0.25, 0.3) is 22.2 Å². The van der Waals surface area contributed by atoms with E-state index in [1.165, 1.54) is 0 Å². The van der Waals surface area contributed by atoms with Crippen LogP contribution in [0.4, 0.5) is 0 Å². The molecule has 34 heavy (non-hydrogen) atoms. The van der Waals surface area contributed by atoms with Gasteiger partial charge in [-0.2, -0.15) is 5.10 Å². The highest BCUT2D eigenvalue weighted by molar-refractivity contribution is 6.31. The first-order valence-corrected chi connectivity index (χ1v) is 11.7. The van der Waals surface area contributed by atoms with Gasteiger partial charge in [-0.3, -0.25) is 14.5 Å². The maximum atomic E-state index is 12.1. The summed E-state index contributed by atoms with van der Waals surface area (Å²) >= 11 is 6.47. The number of nitrogens with zero attached hydrogens (tertiary/aromatic N) is 4. The zero-order chi connectivity index (χ0) is 24.1. The van der Waals surface area contributed by atoms with Crippen LogP contribution in [0.2, 0.25) is 5.02 Å². The second-order valence-electron chi connectivity index (χ2n) is 8.23. The van der Waals surface area contributed by atoms with Crippen molar-refractivity contribution < 1.29 is 9.53 Å². The van der Waals surface area contributed by atoms with Crippen LogP contribution in [0.15, 0.2) is 48.9 Å². The van der Waals surface area contributed by atoms with Crippen molar-refractivity contribution in [2.75, 3.05) is 0 Å². The van der Waals surface area contributed by atoms with Crippen molar-refractivity contribution in [3.8, 4) is 17.0 Å².